The Hall–Kier alpha value is -1.87. The molecule has 2 N–H and O–H groups in total. The van der Waals surface area contributed by atoms with Gasteiger partial charge in [0.1, 0.15) is 0 Å². The van der Waals surface area contributed by atoms with Gasteiger partial charge in [-0.1, -0.05) is 18.2 Å². The first kappa shape index (κ1) is 11.2. The van der Waals surface area contributed by atoms with Gasteiger partial charge in [0.05, 0.1) is 0 Å². The quantitative estimate of drug-likeness (QED) is 0.876. The third-order valence-corrected chi connectivity index (χ3v) is 3.50. The van der Waals surface area contributed by atoms with E-state index in [2.05, 4.69) is 40.2 Å². The van der Waals surface area contributed by atoms with Gasteiger partial charge in [0.15, 0.2) is 0 Å². The lowest BCUT2D eigenvalue weighted by atomic mass is 10.0. The molecule has 92 valence electrons. The Morgan fingerprint density at radius 3 is 2.94 bits per heavy atom. The van der Waals surface area contributed by atoms with E-state index in [4.69, 9.17) is 5.73 Å². The van der Waals surface area contributed by atoms with Crippen molar-refractivity contribution in [2.75, 3.05) is 11.4 Å². The van der Waals surface area contributed by atoms with E-state index in [0.717, 1.165) is 18.5 Å². The Morgan fingerprint density at radius 2 is 2.06 bits per heavy atom. The summed E-state index contributed by atoms with van der Waals surface area (Å²) >= 11 is 0. The van der Waals surface area contributed by atoms with E-state index < -0.39 is 0 Å². The standard InChI is InChI=1S/C15H17N3/c16-10-13-11-17-8-7-15(13)18-9-3-5-12-4-1-2-6-14(12)18/h1-2,4,6-8,11H,3,5,9-10,16H2. The maximum absolute atomic E-state index is 5.81. The molecule has 0 atom stereocenters. The number of rotatable bonds is 2. The highest BCUT2D eigenvalue weighted by atomic mass is 15.1. The topological polar surface area (TPSA) is 42.1 Å². The smallest absolute Gasteiger partial charge is 0.0487 e. The molecule has 0 amide bonds. The van der Waals surface area contributed by atoms with Crippen molar-refractivity contribution >= 4 is 11.4 Å². The summed E-state index contributed by atoms with van der Waals surface area (Å²) in [5.74, 6) is 0. The summed E-state index contributed by atoms with van der Waals surface area (Å²) < 4.78 is 0. The second-order valence-electron chi connectivity index (χ2n) is 4.59. The van der Waals surface area contributed by atoms with Crippen molar-refractivity contribution < 1.29 is 0 Å². The van der Waals surface area contributed by atoms with E-state index in [-0.39, 0.29) is 0 Å². The second kappa shape index (κ2) is 4.78. The molecule has 0 aliphatic carbocycles. The van der Waals surface area contributed by atoms with Crippen LogP contribution in [0.2, 0.25) is 0 Å². The van der Waals surface area contributed by atoms with Crippen LogP contribution in [0.4, 0.5) is 11.4 Å². The molecule has 0 saturated carbocycles. The maximum Gasteiger partial charge on any atom is 0.0487 e. The summed E-state index contributed by atoms with van der Waals surface area (Å²) in [4.78, 5) is 6.52. The van der Waals surface area contributed by atoms with Gasteiger partial charge in [0.25, 0.3) is 0 Å². The van der Waals surface area contributed by atoms with Gasteiger partial charge in [-0.05, 0) is 30.5 Å². The monoisotopic (exact) mass is 239 g/mol. The van der Waals surface area contributed by atoms with Crippen molar-refractivity contribution in [1.29, 1.82) is 0 Å². The molecule has 0 spiro atoms. The molecule has 1 aliphatic rings. The summed E-state index contributed by atoms with van der Waals surface area (Å²) in [6.07, 6.45) is 6.05. The van der Waals surface area contributed by atoms with Crippen molar-refractivity contribution in [3.8, 4) is 0 Å². The molecule has 2 heterocycles. The number of benzene rings is 1. The summed E-state index contributed by atoms with van der Waals surface area (Å²) in [5.41, 5.74) is 10.8. The molecule has 2 aromatic rings. The van der Waals surface area contributed by atoms with Gasteiger partial charge in [-0.2, -0.15) is 0 Å². The van der Waals surface area contributed by atoms with Crippen molar-refractivity contribution in [1.82, 2.24) is 4.98 Å². The number of pyridine rings is 1. The van der Waals surface area contributed by atoms with E-state index in [9.17, 15) is 0 Å². The Kier molecular flexibility index (Phi) is 2.99. The van der Waals surface area contributed by atoms with E-state index >= 15 is 0 Å². The molecule has 0 bridgehead atoms. The zero-order valence-corrected chi connectivity index (χ0v) is 10.3. The number of aromatic nitrogens is 1. The van der Waals surface area contributed by atoms with Gasteiger partial charge in [-0.3, -0.25) is 4.98 Å². The normalized spacial score (nSPS) is 14.4. The molecule has 3 heteroatoms. The largest absolute Gasteiger partial charge is 0.341 e. The van der Waals surface area contributed by atoms with Crippen molar-refractivity contribution in [3.63, 3.8) is 0 Å². The number of hydrogen-bond donors (Lipinski definition) is 1. The molecule has 0 fully saturated rings. The molecule has 0 unspecified atom stereocenters. The Labute approximate surface area is 107 Å². The van der Waals surface area contributed by atoms with Crippen molar-refractivity contribution in [2.45, 2.75) is 19.4 Å². The highest BCUT2D eigenvalue weighted by molar-refractivity contribution is 5.69. The first-order valence-corrected chi connectivity index (χ1v) is 6.38. The van der Waals surface area contributed by atoms with Gasteiger partial charge in [0.2, 0.25) is 0 Å². The second-order valence-corrected chi connectivity index (χ2v) is 4.59. The SMILES string of the molecule is NCc1cnccc1N1CCCc2ccccc21. The number of fused-ring (bicyclic) bond motifs is 1. The third-order valence-electron chi connectivity index (χ3n) is 3.50. The van der Waals surface area contributed by atoms with Gasteiger partial charge >= 0.3 is 0 Å². The van der Waals surface area contributed by atoms with Gasteiger partial charge in [0, 0.05) is 42.4 Å². The molecule has 1 aromatic heterocycles. The Bertz CT molecular complexity index is 551. The van der Waals surface area contributed by atoms with E-state index in [1.807, 2.05) is 12.4 Å². The van der Waals surface area contributed by atoms with Crippen LogP contribution in [0.15, 0.2) is 42.7 Å². The molecule has 0 saturated heterocycles. The zero-order valence-electron chi connectivity index (χ0n) is 10.3. The molecule has 3 rings (SSSR count). The van der Waals surface area contributed by atoms with Crippen LogP contribution in [0.1, 0.15) is 17.5 Å². The third kappa shape index (κ3) is 1.87. The van der Waals surface area contributed by atoms with Crippen LogP contribution in [0.3, 0.4) is 0 Å². The van der Waals surface area contributed by atoms with Crippen LogP contribution in [0.5, 0.6) is 0 Å². The van der Waals surface area contributed by atoms with Crippen molar-refractivity contribution in [3.05, 3.63) is 53.9 Å². The van der Waals surface area contributed by atoms with Crippen LogP contribution in [0.25, 0.3) is 0 Å². The minimum absolute atomic E-state index is 0.530. The van der Waals surface area contributed by atoms with Crippen LogP contribution in [-0.2, 0) is 13.0 Å². The Balaban J connectivity index is 2.08. The fourth-order valence-corrected chi connectivity index (χ4v) is 2.62. The van der Waals surface area contributed by atoms with Gasteiger partial charge < -0.3 is 10.6 Å². The minimum Gasteiger partial charge on any atom is -0.341 e. The predicted molar refractivity (Wildman–Crippen MR) is 73.9 cm³/mol. The first-order valence-electron chi connectivity index (χ1n) is 6.38. The number of aryl methyl sites for hydroxylation is 1. The molecule has 1 aliphatic heterocycles. The molecule has 18 heavy (non-hydrogen) atoms. The average Bonchev–Trinajstić information content (AvgIpc) is 2.46. The van der Waals surface area contributed by atoms with Crippen LogP contribution >= 0.6 is 0 Å². The fraction of sp³-hybridized carbons (Fsp3) is 0.267. The van der Waals surface area contributed by atoms with Crippen molar-refractivity contribution in [2.24, 2.45) is 5.73 Å². The van der Waals surface area contributed by atoms with E-state index in [1.54, 1.807) is 0 Å². The molecule has 3 nitrogen and oxygen atoms in total. The van der Waals surface area contributed by atoms with Crippen LogP contribution in [-0.4, -0.2) is 11.5 Å². The summed E-state index contributed by atoms with van der Waals surface area (Å²) in [6.45, 7) is 1.58. The van der Waals surface area contributed by atoms with Gasteiger partial charge in [-0.15, -0.1) is 0 Å². The number of para-hydroxylation sites is 1. The Morgan fingerprint density at radius 1 is 1.17 bits per heavy atom. The lowest BCUT2D eigenvalue weighted by Gasteiger charge is -2.32. The van der Waals surface area contributed by atoms with E-state index in [0.29, 0.717) is 6.54 Å². The maximum atomic E-state index is 5.81. The van der Waals surface area contributed by atoms with E-state index in [1.165, 1.54) is 23.4 Å². The number of hydrogen-bond acceptors (Lipinski definition) is 3. The lowest BCUT2D eigenvalue weighted by molar-refractivity contribution is 0.762. The highest BCUT2D eigenvalue weighted by Crippen LogP contribution is 2.34. The summed E-state index contributed by atoms with van der Waals surface area (Å²) in [5, 5.41) is 0. The molecular formula is C15H17N3. The summed E-state index contributed by atoms with van der Waals surface area (Å²) in [6, 6.07) is 10.7. The highest BCUT2D eigenvalue weighted by Gasteiger charge is 2.19. The fourth-order valence-electron chi connectivity index (χ4n) is 2.62. The van der Waals surface area contributed by atoms with Crippen LogP contribution in [0, 0.1) is 0 Å². The van der Waals surface area contributed by atoms with Gasteiger partial charge in [-0.25, -0.2) is 0 Å². The lowest BCUT2D eigenvalue weighted by Crippen LogP contribution is -2.25. The molecule has 0 radical (unpaired) electrons. The minimum atomic E-state index is 0.530. The van der Waals surface area contributed by atoms with Crippen LogP contribution < -0.4 is 10.6 Å². The first-order chi connectivity index (χ1) is 8.90. The number of nitrogens with zero attached hydrogens (tertiary/aromatic N) is 2. The predicted octanol–water partition coefficient (Wildman–Crippen LogP) is 2.62. The zero-order chi connectivity index (χ0) is 12.4. The molecular weight excluding hydrogens is 222 g/mol. The summed E-state index contributed by atoms with van der Waals surface area (Å²) in [7, 11) is 0. The number of anilines is 2. The average molecular weight is 239 g/mol. The molecule has 1 aromatic carbocycles. The number of nitrogens with two attached hydrogens (primary N) is 1.